The van der Waals surface area contributed by atoms with Crippen LogP contribution in [0.2, 0.25) is 0 Å². The predicted octanol–water partition coefficient (Wildman–Crippen LogP) is 3.48. The summed E-state index contributed by atoms with van der Waals surface area (Å²) in [5, 5.41) is 8.70. The van der Waals surface area contributed by atoms with E-state index in [1.807, 2.05) is 6.92 Å². The Kier molecular flexibility index (Phi) is 7.41. The highest BCUT2D eigenvalue weighted by Gasteiger charge is 2.34. The van der Waals surface area contributed by atoms with Gasteiger partial charge in [-0.3, -0.25) is 19.5 Å². The van der Waals surface area contributed by atoms with Crippen molar-refractivity contribution < 1.29 is 9.59 Å². The SMILES string of the molecule is CCNC(=NCC(C)c1cccs1)NCCCCN1C(=O)c2ccccc2C1=O. The summed E-state index contributed by atoms with van der Waals surface area (Å²) < 4.78 is 0. The van der Waals surface area contributed by atoms with E-state index < -0.39 is 0 Å². The second kappa shape index (κ2) is 10.2. The van der Waals surface area contributed by atoms with Crippen LogP contribution in [0.3, 0.4) is 0 Å². The zero-order chi connectivity index (χ0) is 20.6. The first-order valence-electron chi connectivity index (χ1n) is 10.1. The molecule has 1 aliphatic heterocycles. The van der Waals surface area contributed by atoms with E-state index in [-0.39, 0.29) is 11.8 Å². The molecule has 0 aliphatic carbocycles. The molecule has 29 heavy (non-hydrogen) atoms. The van der Waals surface area contributed by atoms with Gasteiger partial charge in [-0.2, -0.15) is 0 Å². The summed E-state index contributed by atoms with van der Waals surface area (Å²) in [5.74, 6) is 0.822. The van der Waals surface area contributed by atoms with E-state index in [0.29, 0.717) is 23.6 Å². The van der Waals surface area contributed by atoms with Gasteiger partial charge in [0.05, 0.1) is 17.7 Å². The molecule has 1 aromatic heterocycles. The van der Waals surface area contributed by atoms with Gasteiger partial charge in [-0.15, -0.1) is 11.3 Å². The number of thiophene rings is 1. The molecule has 2 heterocycles. The Bertz CT molecular complexity index is 828. The van der Waals surface area contributed by atoms with E-state index in [4.69, 9.17) is 0 Å². The molecule has 1 unspecified atom stereocenters. The second-order valence-electron chi connectivity index (χ2n) is 7.08. The van der Waals surface area contributed by atoms with Crippen molar-refractivity contribution in [2.75, 3.05) is 26.2 Å². The molecule has 0 spiro atoms. The smallest absolute Gasteiger partial charge is 0.261 e. The van der Waals surface area contributed by atoms with Crippen LogP contribution < -0.4 is 10.6 Å². The normalized spacial score (nSPS) is 14.8. The summed E-state index contributed by atoms with van der Waals surface area (Å²) >= 11 is 1.76. The van der Waals surface area contributed by atoms with E-state index in [0.717, 1.165) is 38.4 Å². The molecule has 1 aliphatic rings. The first-order chi connectivity index (χ1) is 14.1. The van der Waals surface area contributed by atoms with Crippen molar-refractivity contribution in [3.05, 3.63) is 57.8 Å². The average Bonchev–Trinajstić information content (AvgIpc) is 3.35. The highest BCUT2D eigenvalue weighted by atomic mass is 32.1. The highest BCUT2D eigenvalue weighted by molar-refractivity contribution is 7.10. The first kappa shape index (κ1) is 21.0. The summed E-state index contributed by atoms with van der Waals surface area (Å²) in [4.78, 5) is 32.1. The standard InChI is InChI=1S/C22H28N4O2S/c1-3-23-22(25-15-16(2)19-11-8-14-29-19)24-12-6-7-13-26-20(27)17-9-4-5-10-18(17)21(26)28/h4-5,8-11,14,16H,3,6-7,12-13,15H2,1-2H3,(H2,23,24,25). The van der Waals surface area contributed by atoms with Crippen molar-refractivity contribution in [2.45, 2.75) is 32.6 Å². The number of rotatable bonds is 9. The maximum atomic E-state index is 12.4. The van der Waals surface area contributed by atoms with Gasteiger partial charge in [-0.25, -0.2) is 0 Å². The fraction of sp³-hybridized carbons (Fsp3) is 0.409. The number of amides is 2. The van der Waals surface area contributed by atoms with Gasteiger partial charge in [-0.1, -0.05) is 25.1 Å². The van der Waals surface area contributed by atoms with Crippen LogP contribution in [0.1, 0.15) is 58.2 Å². The van der Waals surface area contributed by atoms with E-state index in [1.165, 1.54) is 9.78 Å². The number of fused-ring (bicyclic) bond motifs is 1. The lowest BCUT2D eigenvalue weighted by Crippen LogP contribution is -2.38. The molecule has 1 atom stereocenters. The molecule has 0 saturated heterocycles. The highest BCUT2D eigenvalue weighted by Crippen LogP contribution is 2.22. The Morgan fingerprint density at radius 3 is 2.41 bits per heavy atom. The zero-order valence-corrected chi connectivity index (χ0v) is 17.8. The summed E-state index contributed by atoms with van der Waals surface area (Å²) in [7, 11) is 0. The van der Waals surface area contributed by atoms with Crippen LogP contribution in [-0.2, 0) is 0 Å². The van der Waals surface area contributed by atoms with Gasteiger partial charge in [0, 0.05) is 30.4 Å². The van der Waals surface area contributed by atoms with Gasteiger partial charge < -0.3 is 10.6 Å². The van der Waals surface area contributed by atoms with Crippen LogP contribution in [0.5, 0.6) is 0 Å². The van der Waals surface area contributed by atoms with E-state index in [9.17, 15) is 9.59 Å². The van der Waals surface area contributed by atoms with Crippen molar-refractivity contribution >= 4 is 29.1 Å². The molecule has 154 valence electrons. The Morgan fingerprint density at radius 2 is 1.79 bits per heavy atom. The Labute approximate surface area is 176 Å². The Morgan fingerprint density at radius 1 is 1.07 bits per heavy atom. The third-order valence-electron chi connectivity index (χ3n) is 4.88. The predicted molar refractivity (Wildman–Crippen MR) is 118 cm³/mol. The molecule has 1 aromatic carbocycles. The van der Waals surface area contributed by atoms with Crippen molar-refractivity contribution in [1.29, 1.82) is 0 Å². The van der Waals surface area contributed by atoms with E-state index >= 15 is 0 Å². The van der Waals surface area contributed by atoms with E-state index in [2.05, 4.69) is 40.1 Å². The molecule has 0 saturated carbocycles. The van der Waals surface area contributed by atoms with Crippen LogP contribution in [0.15, 0.2) is 46.8 Å². The third-order valence-corrected chi connectivity index (χ3v) is 5.98. The van der Waals surface area contributed by atoms with Crippen LogP contribution in [-0.4, -0.2) is 48.9 Å². The van der Waals surface area contributed by atoms with Gasteiger partial charge in [0.2, 0.25) is 0 Å². The minimum Gasteiger partial charge on any atom is -0.357 e. The maximum absolute atomic E-state index is 12.4. The minimum atomic E-state index is -0.184. The molecule has 0 bridgehead atoms. The monoisotopic (exact) mass is 412 g/mol. The second-order valence-corrected chi connectivity index (χ2v) is 8.06. The summed E-state index contributed by atoms with van der Waals surface area (Å²) in [6.07, 6.45) is 1.60. The number of aliphatic imine (C=N–C) groups is 1. The lowest BCUT2D eigenvalue weighted by atomic mass is 10.1. The minimum absolute atomic E-state index is 0.184. The molecule has 3 rings (SSSR count). The average molecular weight is 413 g/mol. The molecule has 7 heteroatoms. The number of nitrogens with zero attached hydrogens (tertiary/aromatic N) is 2. The number of imide groups is 1. The topological polar surface area (TPSA) is 73.8 Å². The van der Waals surface area contributed by atoms with Gasteiger partial charge >= 0.3 is 0 Å². The molecular weight excluding hydrogens is 384 g/mol. The van der Waals surface area contributed by atoms with Gasteiger partial charge in [-0.05, 0) is 43.3 Å². The van der Waals surface area contributed by atoms with Gasteiger partial charge in [0.15, 0.2) is 5.96 Å². The Balaban J connectivity index is 1.42. The van der Waals surface area contributed by atoms with Crippen LogP contribution in [0, 0.1) is 0 Å². The number of carbonyl (C=O) groups is 2. The maximum Gasteiger partial charge on any atom is 0.261 e. The summed E-state index contributed by atoms with van der Waals surface area (Å²) in [6.45, 7) is 6.93. The molecule has 0 fully saturated rings. The molecule has 6 nitrogen and oxygen atoms in total. The van der Waals surface area contributed by atoms with Gasteiger partial charge in [0.1, 0.15) is 0 Å². The summed E-state index contributed by atoms with van der Waals surface area (Å²) in [6, 6.07) is 11.2. The zero-order valence-electron chi connectivity index (χ0n) is 17.0. The van der Waals surface area contributed by atoms with Crippen LogP contribution in [0.25, 0.3) is 0 Å². The molecule has 2 aromatic rings. The molecule has 0 radical (unpaired) electrons. The number of benzene rings is 1. The number of guanidine groups is 1. The lowest BCUT2D eigenvalue weighted by molar-refractivity contribution is 0.0652. The summed E-state index contributed by atoms with van der Waals surface area (Å²) in [5.41, 5.74) is 1.02. The lowest BCUT2D eigenvalue weighted by Gasteiger charge is -2.15. The number of hydrogen-bond donors (Lipinski definition) is 2. The van der Waals surface area contributed by atoms with Crippen molar-refractivity contribution in [3.63, 3.8) is 0 Å². The van der Waals surface area contributed by atoms with Crippen LogP contribution >= 0.6 is 11.3 Å². The Hall–Kier alpha value is -2.67. The number of unbranched alkanes of at least 4 members (excludes halogenated alkanes) is 1. The van der Waals surface area contributed by atoms with Crippen molar-refractivity contribution in [3.8, 4) is 0 Å². The van der Waals surface area contributed by atoms with Crippen molar-refractivity contribution in [1.82, 2.24) is 15.5 Å². The van der Waals surface area contributed by atoms with Gasteiger partial charge in [0.25, 0.3) is 11.8 Å². The number of carbonyl (C=O) groups excluding carboxylic acids is 2. The van der Waals surface area contributed by atoms with Crippen molar-refractivity contribution in [2.24, 2.45) is 4.99 Å². The molecular formula is C22H28N4O2S. The quantitative estimate of drug-likeness (QED) is 0.286. The number of nitrogens with one attached hydrogen (secondary N) is 2. The number of hydrogen-bond acceptors (Lipinski definition) is 4. The largest absolute Gasteiger partial charge is 0.357 e. The fourth-order valence-electron chi connectivity index (χ4n) is 3.28. The van der Waals surface area contributed by atoms with E-state index in [1.54, 1.807) is 35.6 Å². The fourth-order valence-corrected chi connectivity index (χ4v) is 4.05. The first-order valence-corrected chi connectivity index (χ1v) is 11.0. The molecule has 2 N–H and O–H groups in total. The third kappa shape index (κ3) is 5.23. The van der Waals surface area contributed by atoms with Crippen LogP contribution in [0.4, 0.5) is 0 Å². The molecule has 2 amide bonds.